The zero-order valence-corrected chi connectivity index (χ0v) is 16.6. The molecule has 0 fully saturated rings. The van der Waals surface area contributed by atoms with Gasteiger partial charge in [-0.2, -0.15) is 0 Å². The molecule has 6 nitrogen and oxygen atoms in total. The number of benzene rings is 1. The molecular formula is C16H28IN3O3. The Bertz CT molecular complexity index is 458. The molecule has 0 aliphatic rings. The lowest BCUT2D eigenvalue weighted by molar-refractivity contribution is 0.203. The second-order valence-electron chi connectivity index (χ2n) is 4.72. The Morgan fingerprint density at radius 2 is 1.87 bits per heavy atom. The van der Waals surface area contributed by atoms with E-state index in [2.05, 4.69) is 15.6 Å². The predicted octanol–water partition coefficient (Wildman–Crippen LogP) is 2.28. The standard InChI is InChI=1S/C16H27N3O3.HI/c1-5-17-16(18-10-11-20-3)19-12-13(2)22-15-9-7-6-8-14(15)21-4;/h6-9,13H,5,10-12H2,1-4H3,(H2,17,18,19);1H. The van der Waals surface area contributed by atoms with Gasteiger partial charge in [0.05, 0.1) is 20.3 Å². The van der Waals surface area contributed by atoms with E-state index < -0.39 is 0 Å². The summed E-state index contributed by atoms with van der Waals surface area (Å²) in [6.45, 7) is 6.71. The van der Waals surface area contributed by atoms with Gasteiger partial charge in [-0.05, 0) is 26.0 Å². The molecule has 1 aromatic carbocycles. The first kappa shape index (κ1) is 21.8. The van der Waals surface area contributed by atoms with Crippen molar-refractivity contribution in [3.63, 3.8) is 0 Å². The molecule has 1 aromatic rings. The van der Waals surface area contributed by atoms with E-state index in [0.717, 1.165) is 24.0 Å². The Morgan fingerprint density at radius 1 is 1.17 bits per heavy atom. The molecule has 0 amide bonds. The summed E-state index contributed by atoms with van der Waals surface area (Å²) in [6.07, 6.45) is -0.0609. The van der Waals surface area contributed by atoms with E-state index in [1.807, 2.05) is 38.1 Å². The summed E-state index contributed by atoms with van der Waals surface area (Å²) in [5.74, 6) is 2.21. The summed E-state index contributed by atoms with van der Waals surface area (Å²) < 4.78 is 16.2. The van der Waals surface area contributed by atoms with Crippen LogP contribution < -0.4 is 20.1 Å². The average molecular weight is 437 g/mol. The SMILES string of the molecule is CCNC(=NCC(C)Oc1ccccc1OC)NCCOC.I. The van der Waals surface area contributed by atoms with Crippen LogP contribution in [0.15, 0.2) is 29.3 Å². The van der Waals surface area contributed by atoms with Gasteiger partial charge in [0.25, 0.3) is 0 Å². The van der Waals surface area contributed by atoms with Crippen LogP contribution in [0.2, 0.25) is 0 Å². The third-order valence-electron chi connectivity index (χ3n) is 2.85. The topological polar surface area (TPSA) is 64.1 Å². The number of methoxy groups -OCH3 is 2. The Balaban J connectivity index is 0.00000484. The summed E-state index contributed by atoms with van der Waals surface area (Å²) in [6, 6.07) is 7.60. The van der Waals surface area contributed by atoms with Crippen molar-refractivity contribution in [3.05, 3.63) is 24.3 Å². The number of aliphatic imine (C=N–C) groups is 1. The summed E-state index contributed by atoms with van der Waals surface area (Å²) in [5, 5.41) is 6.38. The van der Waals surface area contributed by atoms with Crippen LogP contribution in [0.25, 0.3) is 0 Å². The lowest BCUT2D eigenvalue weighted by Crippen LogP contribution is -2.39. The van der Waals surface area contributed by atoms with Crippen molar-refractivity contribution >= 4 is 29.9 Å². The average Bonchev–Trinajstić information content (AvgIpc) is 2.53. The largest absolute Gasteiger partial charge is 0.493 e. The van der Waals surface area contributed by atoms with Crippen molar-refractivity contribution in [1.82, 2.24) is 10.6 Å². The highest BCUT2D eigenvalue weighted by Crippen LogP contribution is 2.26. The molecule has 0 saturated carbocycles. The van der Waals surface area contributed by atoms with Crippen LogP contribution in [0, 0.1) is 0 Å². The van der Waals surface area contributed by atoms with Gasteiger partial charge in [0.2, 0.25) is 0 Å². The molecular weight excluding hydrogens is 409 g/mol. The zero-order valence-electron chi connectivity index (χ0n) is 14.3. The fraction of sp³-hybridized carbons (Fsp3) is 0.562. The number of hydrogen-bond acceptors (Lipinski definition) is 4. The Kier molecular flexibility index (Phi) is 12.5. The Morgan fingerprint density at radius 3 is 2.48 bits per heavy atom. The van der Waals surface area contributed by atoms with Crippen molar-refractivity contribution in [2.45, 2.75) is 20.0 Å². The molecule has 0 spiro atoms. The van der Waals surface area contributed by atoms with Crippen LogP contribution >= 0.6 is 24.0 Å². The number of guanidine groups is 1. The second-order valence-corrected chi connectivity index (χ2v) is 4.72. The number of nitrogens with one attached hydrogen (secondary N) is 2. The summed E-state index contributed by atoms with van der Waals surface area (Å²) >= 11 is 0. The highest BCUT2D eigenvalue weighted by molar-refractivity contribution is 14.0. The molecule has 1 unspecified atom stereocenters. The van der Waals surface area contributed by atoms with E-state index in [9.17, 15) is 0 Å². The van der Waals surface area contributed by atoms with E-state index in [1.165, 1.54) is 0 Å². The van der Waals surface area contributed by atoms with Gasteiger partial charge in [0.15, 0.2) is 17.5 Å². The van der Waals surface area contributed by atoms with Gasteiger partial charge >= 0.3 is 0 Å². The predicted molar refractivity (Wildman–Crippen MR) is 104 cm³/mol. The number of halogens is 1. The molecule has 0 bridgehead atoms. The van der Waals surface area contributed by atoms with Crippen LogP contribution in [0.3, 0.4) is 0 Å². The first-order valence-corrected chi connectivity index (χ1v) is 7.52. The fourth-order valence-electron chi connectivity index (χ4n) is 1.80. The highest BCUT2D eigenvalue weighted by Gasteiger charge is 2.08. The van der Waals surface area contributed by atoms with Gasteiger partial charge in [-0.25, -0.2) is 4.99 Å². The zero-order chi connectivity index (χ0) is 16.2. The van der Waals surface area contributed by atoms with Gasteiger partial charge in [-0.15, -0.1) is 24.0 Å². The molecule has 23 heavy (non-hydrogen) atoms. The van der Waals surface area contributed by atoms with Crippen molar-refractivity contribution in [2.75, 3.05) is 40.5 Å². The lowest BCUT2D eigenvalue weighted by Gasteiger charge is -2.16. The third-order valence-corrected chi connectivity index (χ3v) is 2.85. The normalized spacial score (nSPS) is 12.1. The minimum atomic E-state index is -0.0609. The molecule has 7 heteroatoms. The first-order valence-electron chi connectivity index (χ1n) is 7.52. The van der Waals surface area contributed by atoms with Crippen molar-refractivity contribution in [3.8, 4) is 11.5 Å². The maximum atomic E-state index is 5.88. The van der Waals surface area contributed by atoms with Crippen molar-refractivity contribution in [2.24, 2.45) is 4.99 Å². The molecule has 0 aliphatic carbocycles. The maximum absolute atomic E-state index is 5.88. The minimum Gasteiger partial charge on any atom is -0.493 e. The molecule has 0 saturated heterocycles. The van der Waals surface area contributed by atoms with Crippen LogP contribution in [-0.2, 0) is 4.74 Å². The van der Waals surface area contributed by atoms with Crippen LogP contribution in [-0.4, -0.2) is 52.5 Å². The molecule has 0 heterocycles. The molecule has 132 valence electrons. The van der Waals surface area contributed by atoms with Crippen LogP contribution in [0.4, 0.5) is 0 Å². The Labute approximate surface area is 156 Å². The highest BCUT2D eigenvalue weighted by atomic mass is 127. The number of ether oxygens (including phenoxy) is 3. The third kappa shape index (κ3) is 8.85. The fourth-order valence-corrected chi connectivity index (χ4v) is 1.80. The van der Waals surface area contributed by atoms with Gasteiger partial charge in [-0.1, -0.05) is 12.1 Å². The molecule has 0 aromatic heterocycles. The summed E-state index contributed by atoms with van der Waals surface area (Å²) in [7, 11) is 3.31. The number of para-hydroxylation sites is 2. The Hall–Kier alpha value is -1.22. The number of rotatable bonds is 9. The lowest BCUT2D eigenvalue weighted by atomic mass is 10.3. The van der Waals surface area contributed by atoms with Crippen LogP contribution in [0.5, 0.6) is 11.5 Å². The summed E-state index contributed by atoms with van der Waals surface area (Å²) in [5.41, 5.74) is 0. The summed E-state index contributed by atoms with van der Waals surface area (Å²) in [4.78, 5) is 4.51. The molecule has 0 radical (unpaired) electrons. The maximum Gasteiger partial charge on any atom is 0.191 e. The van der Waals surface area contributed by atoms with Gasteiger partial charge in [0, 0.05) is 20.2 Å². The van der Waals surface area contributed by atoms with Crippen molar-refractivity contribution < 1.29 is 14.2 Å². The minimum absolute atomic E-state index is 0. The smallest absolute Gasteiger partial charge is 0.191 e. The van der Waals surface area contributed by atoms with E-state index in [4.69, 9.17) is 14.2 Å². The molecule has 0 aliphatic heterocycles. The van der Waals surface area contributed by atoms with Crippen molar-refractivity contribution in [1.29, 1.82) is 0 Å². The van der Waals surface area contributed by atoms with Gasteiger partial charge in [-0.3, -0.25) is 0 Å². The molecule has 1 atom stereocenters. The van der Waals surface area contributed by atoms with Crippen LogP contribution in [0.1, 0.15) is 13.8 Å². The number of nitrogens with zero attached hydrogens (tertiary/aromatic N) is 1. The van der Waals surface area contributed by atoms with Gasteiger partial charge in [0.1, 0.15) is 6.10 Å². The monoisotopic (exact) mass is 437 g/mol. The van der Waals surface area contributed by atoms with Gasteiger partial charge < -0.3 is 24.8 Å². The number of hydrogen-bond donors (Lipinski definition) is 2. The first-order chi connectivity index (χ1) is 10.7. The second kappa shape index (κ2) is 13.2. The van der Waals surface area contributed by atoms with E-state index in [0.29, 0.717) is 19.7 Å². The van der Waals surface area contributed by atoms with E-state index in [-0.39, 0.29) is 30.1 Å². The van der Waals surface area contributed by atoms with E-state index in [1.54, 1.807) is 14.2 Å². The molecule has 2 N–H and O–H groups in total. The quantitative estimate of drug-likeness (QED) is 0.269. The van der Waals surface area contributed by atoms with E-state index >= 15 is 0 Å². The molecule has 1 rings (SSSR count).